The van der Waals surface area contributed by atoms with Gasteiger partial charge in [0.2, 0.25) is 0 Å². The molecule has 2 aliphatic rings. The van der Waals surface area contributed by atoms with Crippen LogP contribution < -0.4 is 10.2 Å². The molecule has 1 aliphatic heterocycles. The molecule has 2 nitrogen and oxygen atoms in total. The van der Waals surface area contributed by atoms with E-state index in [1.54, 1.807) is 0 Å². The van der Waals surface area contributed by atoms with Gasteiger partial charge in [-0.1, -0.05) is 18.2 Å². The van der Waals surface area contributed by atoms with Crippen molar-refractivity contribution < 1.29 is 0 Å². The van der Waals surface area contributed by atoms with Crippen LogP contribution in [-0.4, -0.2) is 30.6 Å². The molecule has 0 amide bonds. The molecule has 1 heterocycles. The minimum atomic E-state index is 0.792. The zero-order chi connectivity index (χ0) is 11.5. The Kier molecular flexibility index (Phi) is 3.57. The number of para-hydroxylation sites is 1. The van der Waals surface area contributed by atoms with Crippen molar-refractivity contribution in [1.29, 1.82) is 0 Å². The number of benzene rings is 1. The van der Waals surface area contributed by atoms with E-state index >= 15 is 0 Å². The highest BCUT2D eigenvalue weighted by Gasteiger charge is 2.21. The third-order valence-corrected chi connectivity index (χ3v) is 4.44. The number of anilines is 1. The van der Waals surface area contributed by atoms with Gasteiger partial charge in [-0.05, 0) is 24.5 Å². The second-order valence-corrected chi connectivity index (χ2v) is 6.11. The molecule has 0 bridgehead atoms. The summed E-state index contributed by atoms with van der Waals surface area (Å²) < 4.78 is 0. The van der Waals surface area contributed by atoms with Crippen molar-refractivity contribution >= 4 is 17.4 Å². The van der Waals surface area contributed by atoms with E-state index in [4.69, 9.17) is 0 Å². The van der Waals surface area contributed by atoms with Crippen LogP contribution in [0.15, 0.2) is 24.3 Å². The van der Waals surface area contributed by atoms with E-state index < -0.39 is 0 Å². The number of rotatable bonds is 4. The summed E-state index contributed by atoms with van der Waals surface area (Å²) in [5, 5.41) is 3.62. The monoisotopic (exact) mass is 248 g/mol. The van der Waals surface area contributed by atoms with Crippen molar-refractivity contribution in [1.82, 2.24) is 5.32 Å². The molecule has 92 valence electrons. The highest BCUT2D eigenvalue weighted by molar-refractivity contribution is 7.99. The highest BCUT2D eigenvalue weighted by atomic mass is 32.2. The van der Waals surface area contributed by atoms with Crippen LogP contribution in [0.25, 0.3) is 0 Å². The summed E-state index contributed by atoms with van der Waals surface area (Å²) >= 11 is 2.07. The van der Waals surface area contributed by atoms with Crippen molar-refractivity contribution in [2.75, 3.05) is 29.5 Å². The van der Waals surface area contributed by atoms with Crippen LogP contribution in [0.1, 0.15) is 18.4 Å². The minimum absolute atomic E-state index is 0.792. The molecule has 17 heavy (non-hydrogen) atoms. The molecule has 1 saturated heterocycles. The summed E-state index contributed by atoms with van der Waals surface area (Å²) in [5.41, 5.74) is 2.91. The zero-order valence-corrected chi connectivity index (χ0v) is 11.0. The van der Waals surface area contributed by atoms with Gasteiger partial charge in [-0.15, -0.1) is 0 Å². The minimum Gasteiger partial charge on any atom is -0.370 e. The molecular formula is C14H20N2S. The number of thioether (sulfide) groups is 1. The molecule has 3 rings (SSSR count). The van der Waals surface area contributed by atoms with Crippen LogP contribution in [0, 0.1) is 0 Å². The highest BCUT2D eigenvalue weighted by Crippen LogP contribution is 2.25. The maximum atomic E-state index is 3.62. The number of nitrogens with one attached hydrogen (secondary N) is 1. The standard InChI is InChI=1S/C14H20N2S/c1-2-4-14(16-7-9-17-10-8-16)12(3-1)11-15-13-5-6-13/h1-4,13,15H,5-11H2. The van der Waals surface area contributed by atoms with E-state index in [0.29, 0.717) is 0 Å². The quantitative estimate of drug-likeness (QED) is 0.881. The van der Waals surface area contributed by atoms with Gasteiger partial charge >= 0.3 is 0 Å². The zero-order valence-electron chi connectivity index (χ0n) is 10.2. The predicted molar refractivity (Wildman–Crippen MR) is 75.8 cm³/mol. The first-order valence-corrected chi connectivity index (χ1v) is 7.73. The predicted octanol–water partition coefficient (Wildman–Crippen LogP) is 2.49. The lowest BCUT2D eigenvalue weighted by Gasteiger charge is -2.30. The Morgan fingerprint density at radius 3 is 2.71 bits per heavy atom. The summed E-state index contributed by atoms with van der Waals surface area (Å²) in [6, 6.07) is 9.66. The molecule has 0 aromatic heterocycles. The second kappa shape index (κ2) is 5.32. The second-order valence-electron chi connectivity index (χ2n) is 4.88. The maximum Gasteiger partial charge on any atom is 0.0412 e. The van der Waals surface area contributed by atoms with Crippen molar-refractivity contribution in [2.45, 2.75) is 25.4 Å². The van der Waals surface area contributed by atoms with E-state index in [0.717, 1.165) is 12.6 Å². The first kappa shape index (κ1) is 11.4. The third kappa shape index (κ3) is 2.96. The fraction of sp³-hybridized carbons (Fsp3) is 0.571. The molecule has 2 fully saturated rings. The van der Waals surface area contributed by atoms with Crippen molar-refractivity contribution in [3.63, 3.8) is 0 Å². The van der Waals surface area contributed by atoms with Crippen LogP contribution in [0.3, 0.4) is 0 Å². The lowest BCUT2D eigenvalue weighted by Crippen LogP contribution is -2.33. The Labute approximate surface area is 108 Å². The summed E-state index contributed by atoms with van der Waals surface area (Å²) in [6.45, 7) is 3.43. The molecule has 1 aromatic carbocycles. The first-order valence-electron chi connectivity index (χ1n) is 6.57. The lowest BCUT2D eigenvalue weighted by molar-refractivity contribution is 0.684. The fourth-order valence-electron chi connectivity index (χ4n) is 2.31. The summed E-state index contributed by atoms with van der Waals surface area (Å²) in [6.07, 6.45) is 2.73. The normalized spacial score (nSPS) is 20.6. The van der Waals surface area contributed by atoms with Gasteiger partial charge in [-0.3, -0.25) is 0 Å². The number of nitrogens with zero attached hydrogens (tertiary/aromatic N) is 1. The van der Waals surface area contributed by atoms with Gasteiger partial charge in [0.15, 0.2) is 0 Å². The van der Waals surface area contributed by atoms with Crippen LogP contribution in [0.2, 0.25) is 0 Å². The topological polar surface area (TPSA) is 15.3 Å². The van der Waals surface area contributed by atoms with Crippen molar-refractivity contribution in [3.05, 3.63) is 29.8 Å². The van der Waals surface area contributed by atoms with Crippen LogP contribution in [-0.2, 0) is 6.54 Å². The molecule has 1 aromatic rings. The van der Waals surface area contributed by atoms with E-state index in [1.807, 2.05) is 0 Å². The number of hydrogen-bond donors (Lipinski definition) is 1. The van der Waals surface area contributed by atoms with Gasteiger partial charge in [0.05, 0.1) is 0 Å². The average Bonchev–Trinajstić information content (AvgIpc) is 3.22. The van der Waals surface area contributed by atoms with Gasteiger partial charge in [-0.2, -0.15) is 11.8 Å². The number of hydrogen-bond acceptors (Lipinski definition) is 3. The molecule has 1 aliphatic carbocycles. The molecule has 0 unspecified atom stereocenters. The third-order valence-electron chi connectivity index (χ3n) is 3.50. The van der Waals surface area contributed by atoms with Gasteiger partial charge in [0, 0.05) is 42.9 Å². The SMILES string of the molecule is c1ccc(N2CCSCC2)c(CNC2CC2)c1. The Morgan fingerprint density at radius 2 is 1.94 bits per heavy atom. The Hall–Kier alpha value is -0.670. The molecule has 0 spiro atoms. The first-order chi connectivity index (χ1) is 8.43. The van der Waals surface area contributed by atoms with E-state index in [1.165, 1.54) is 48.7 Å². The smallest absolute Gasteiger partial charge is 0.0412 e. The maximum absolute atomic E-state index is 3.62. The van der Waals surface area contributed by atoms with Crippen molar-refractivity contribution in [3.8, 4) is 0 Å². The average molecular weight is 248 g/mol. The largest absolute Gasteiger partial charge is 0.370 e. The Bertz CT molecular complexity index is 370. The van der Waals surface area contributed by atoms with Gasteiger partial charge in [0.25, 0.3) is 0 Å². The van der Waals surface area contributed by atoms with E-state index in [9.17, 15) is 0 Å². The van der Waals surface area contributed by atoms with E-state index in [-0.39, 0.29) is 0 Å². The van der Waals surface area contributed by atoms with Gasteiger partial charge in [-0.25, -0.2) is 0 Å². The Morgan fingerprint density at radius 1 is 1.18 bits per heavy atom. The van der Waals surface area contributed by atoms with E-state index in [2.05, 4.69) is 46.2 Å². The lowest BCUT2D eigenvalue weighted by atomic mass is 10.1. The molecule has 0 radical (unpaired) electrons. The molecule has 3 heteroatoms. The van der Waals surface area contributed by atoms with Crippen LogP contribution in [0.5, 0.6) is 0 Å². The Balaban J connectivity index is 1.71. The molecule has 1 saturated carbocycles. The summed E-state index contributed by atoms with van der Waals surface area (Å²) in [4.78, 5) is 2.54. The molecule has 0 atom stereocenters. The van der Waals surface area contributed by atoms with Crippen LogP contribution in [0.4, 0.5) is 5.69 Å². The fourth-order valence-corrected chi connectivity index (χ4v) is 3.22. The molecular weight excluding hydrogens is 228 g/mol. The van der Waals surface area contributed by atoms with Crippen molar-refractivity contribution in [2.24, 2.45) is 0 Å². The van der Waals surface area contributed by atoms with Crippen LogP contribution >= 0.6 is 11.8 Å². The summed E-state index contributed by atoms with van der Waals surface area (Å²) in [7, 11) is 0. The summed E-state index contributed by atoms with van der Waals surface area (Å²) in [5.74, 6) is 2.54. The molecule has 1 N–H and O–H groups in total. The van der Waals surface area contributed by atoms with Gasteiger partial charge < -0.3 is 10.2 Å². The van der Waals surface area contributed by atoms with Gasteiger partial charge in [0.1, 0.15) is 0 Å².